The van der Waals surface area contributed by atoms with E-state index in [1.165, 1.54) is 6.07 Å². The minimum absolute atomic E-state index is 0.0311. The topological polar surface area (TPSA) is 35.5 Å². The molecule has 0 radical (unpaired) electrons. The zero-order chi connectivity index (χ0) is 12.2. The van der Waals surface area contributed by atoms with Gasteiger partial charge in [-0.2, -0.15) is 0 Å². The van der Waals surface area contributed by atoms with Crippen LogP contribution in [0.2, 0.25) is 5.02 Å². The number of ether oxygens (including phenoxy) is 2. The lowest BCUT2D eigenvalue weighted by molar-refractivity contribution is -0.274. The van der Waals surface area contributed by atoms with Crippen LogP contribution in [0.3, 0.4) is 0 Å². The maximum atomic E-state index is 11.8. The third-order valence-electron chi connectivity index (χ3n) is 1.56. The number of rotatable bonds is 4. The van der Waals surface area contributed by atoms with E-state index in [0.29, 0.717) is 5.56 Å². The summed E-state index contributed by atoms with van der Waals surface area (Å²) in [6.07, 6.45) is -4.76. The summed E-state index contributed by atoms with van der Waals surface area (Å²) in [6, 6.07) is 3.37. The maximum absolute atomic E-state index is 11.8. The number of hydrogen-bond acceptors (Lipinski definition) is 3. The zero-order valence-electron chi connectivity index (χ0n) is 7.75. The summed E-state index contributed by atoms with van der Waals surface area (Å²) in [5, 5.41) is 0.0311. The van der Waals surface area contributed by atoms with Crippen molar-refractivity contribution in [2.75, 3.05) is 0 Å². The first kappa shape index (κ1) is 12.6. The van der Waals surface area contributed by atoms with Crippen molar-refractivity contribution >= 4 is 18.1 Å². The molecule has 0 saturated carbocycles. The number of benzene rings is 1. The molecule has 0 aliphatic carbocycles. The van der Waals surface area contributed by atoms with Gasteiger partial charge in [0.05, 0.1) is 5.02 Å². The Morgan fingerprint density at radius 3 is 2.56 bits per heavy atom. The molecule has 0 aliphatic heterocycles. The fraction of sp³-hybridized carbons (Fsp3) is 0.222. The Bertz CT molecular complexity index is 379. The van der Waals surface area contributed by atoms with E-state index in [0.717, 1.165) is 12.1 Å². The van der Waals surface area contributed by atoms with E-state index in [2.05, 4.69) is 9.47 Å². The Hall–Kier alpha value is -1.43. The van der Waals surface area contributed by atoms with Gasteiger partial charge in [-0.15, -0.1) is 13.2 Å². The molecule has 1 aromatic rings. The molecule has 0 atom stereocenters. The van der Waals surface area contributed by atoms with Gasteiger partial charge in [0.15, 0.2) is 0 Å². The molecular formula is C9H6ClF3O3. The monoisotopic (exact) mass is 254 g/mol. The van der Waals surface area contributed by atoms with Crippen LogP contribution in [0.15, 0.2) is 18.2 Å². The second-order valence-electron chi connectivity index (χ2n) is 2.71. The molecule has 0 fully saturated rings. The zero-order valence-corrected chi connectivity index (χ0v) is 8.51. The average Bonchev–Trinajstić information content (AvgIpc) is 2.14. The highest BCUT2D eigenvalue weighted by Crippen LogP contribution is 2.27. The van der Waals surface area contributed by atoms with E-state index in [9.17, 15) is 18.0 Å². The van der Waals surface area contributed by atoms with Crippen LogP contribution in [-0.4, -0.2) is 12.8 Å². The predicted octanol–water partition coefficient (Wildman–Crippen LogP) is 2.91. The Morgan fingerprint density at radius 1 is 1.38 bits per heavy atom. The Balaban J connectivity index is 2.78. The van der Waals surface area contributed by atoms with Gasteiger partial charge in [-0.3, -0.25) is 4.79 Å². The minimum atomic E-state index is -4.76. The van der Waals surface area contributed by atoms with Crippen molar-refractivity contribution in [1.29, 1.82) is 0 Å². The van der Waals surface area contributed by atoms with E-state index in [4.69, 9.17) is 11.6 Å². The molecule has 0 aliphatic rings. The van der Waals surface area contributed by atoms with Gasteiger partial charge in [-0.05, 0) is 12.1 Å². The van der Waals surface area contributed by atoms with Crippen LogP contribution in [0.5, 0.6) is 5.75 Å². The van der Waals surface area contributed by atoms with E-state index >= 15 is 0 Å². The maximum Gasteiger partial charge on any atom is 0.573 e. The van der Waals surface area contributed by atoms with E-state index in [1.807, 2.05) is 0 Å². The van der Waals surface area contributed by atoms with Crippen molar-refractivity contribution in [3.8, 4) is 5.75 Å². The summed E-state index contributed by atoms with van der Waals surface area (Å²) >= 11 is 5.65. The predicted molar refractivity (Wildman–Crippen MR) is 49.0 cm³/mol. The van der Waals surface area contributed by atoms with Gasteiger partial charge in [0, 0.05) is 5.56 Å². The lowest BCUT2D eigenvalue weighted by Gasteiger charge is -2.10. The Kier molecular flexibility index (Phi) is 4.00. The van der Waals surface area contributed by atoms with Gasteiger partial charge in [-0.1, -0.05) is 17.7 Å². The lowest BCUT2D eigenvalue weighted by Crippen LogP contribution is -2.17. The van der Waals surface area contributed by atoms with Crippen molar-refractivity contribution in [3.63, 3.8) is 0 Å². The molecule has 1 aromatic carbocycles. The van der Waals surface area contributed by atoms with Crippen molar-refractivity contribution in [1.82, 2.24) is 0 Å². The first-order valence-corrected chi connectivity index (χ1v) is 4.39. The molecule has 3 nitrogen and oxygen atoms in total. The third-order valence-corrected chi connectivity index (χ3v) is 1.92. The number of halogens is 4. The highest BCUT2D eigenvalue weighted by molar-refractivity contribution is 6.31. The third kappa shape index (κ3) is 3.98. The fourth-order valence-corrected chi connectivity index (χ4v) is 1.19. The van der Waals surface area contributed by atoms with Gasteiger partial charge < -0.3 is 9.47 Å². The van der Waals surface area contributed by atoms with E-state index < -0.39 is 12.1 Å². The summed E-state index contributed by atoms with van der Waals surface area (Å²) < 4.78 is 43.6. The summed E-state index contributed by atoms with van der Waals surface area (Å²) in [6.45, 7) is 0.116. The molecule has 0 spiro atoms. The first-order valence-electron chi connectivity index (χ1n) is 4.02. The molecule has 0 aromatic heterocycles. The van der Waals surface area contributed by atoms with Crippen molar-refractivity contribution in [3.05, 3.63) is 28.8 Å². The molecule has 1 rings (SSSR count). The summed E-state index contributed by atoms with van der Waals surface area (Å²) in [5.41, 5.74) is 0.392. The van der Waals surface area contributed by atoms with Gasteiger partial charge >= 0.3 is 6.36 Å². The summed E-state index contributed by atoms with van der Waals surface area (Å²) in [7, 11) is 0. The molecular weight excluding hydrogens is 249 g/mol. The van der Waals surface area contributed by atoms with Gasteiger partial charge in [0.2, 0.25) is 0 Å². The van der Waals surface area contributed by atoms with Gasteiger partial charge in [0.1, 0.15) is 12.4 Å². The van der Waals surface area contributed by atoms with Gasteiger partial charge in [-0.25, -0.2) is 0 Å². The van der Waals surface area contributed by atoms with Crippen molar-refractivity contribution in [2.24, 2.45) is 0 Å². The number of carbonyl (C=O) groups is 1. The quantitative estimate of drug-likeness (QED) is 0.775. The molecule has 7 heteroatoms. The largest absolute Gasteiger partial charge is 0.573 e. The lowest BCUT2D eigenvalue weighted by atomic mass is 10.2. The SMILES string of the molecule is O=COCc1ccc(OC(F)(F)F)cc1Cl. The first-order chi connectivity index (χ1) is 7.42. The fourth-order valence-electron chi connectivity index (χ4n) is 0.966. The van der Waals surface area contributed by atoms with Crippen molar-refractivity contribution in [2.45, 2.75) is 13.0 Å². The smallest absolute Gasteiger partial charge is 0.463 e. The second-order valence-corrected chi connectivity index (χ2v) is 3.12. The molecule has 0 saturated heterocycles. The van der Waals surface area contributed by atoms with Crippen LogP contribution < -0.4 is 4.74 Å². The molecule has 0 heterocycles. The summed E-state index contributed by atoms with van der Waals surface area (Å²) in [5.74, 6) is -0.424. The Morgan fingerprint density at radius 2 is 2.06 bits per heavy atom. The Labute approximate surface area is 93.7 Å². The van der Waals surface area contributed by atoms with Crippen LogP contribution in [0, 0.1) is 0 Å². The summed E-state index contributed by atoms with van der Waals surface area (Å²) in [4.78, 5) is 9.91. The number of alkyl halides is 3. The van der Waals surface area contributed by atoms with Crippen molar-refractivity contribution < 1.29 is 27.4 Å². The molecule has 16 heavy (non-hydrogen) atoms. The van der Waals surface area contributed by atoms with Crippen LogP contribution in [0.1, 0.15) is 5.56 Å². The van der Waals surface area contributed by atoms with Crippen LogP contribution in [0.4, 0.5) is 13.2 Å². The van der Waals surface area contributed by atoms with E-state index in [-0.39, 0.29) is 18.1 Å². The van der Waals surface area contributed by atoms with E-state index in [1.54, 1.807) is 0 Å². The highest BCUT2D eigenvalue weighted by atomic mass is 35.5. The average molecular weight is 255 g/mol. The molecule has 0 unspecified atom stereocenters. The van der Waals surface area contributed by atoms with Crippen LogP contribution in [0.25, 0.3) is 0 Å². The molecule has 88 valence electrons. The molecule has 0 bridgehead atoms. The number of hydrogen-bond donors (Lipinski definition) is 0. The molecule has 0 amide bonds. The normalized spacial score (nSPS) is 11.0. The van der Waals surface area contributed by atoms with Gasteiger partial charge in [0.25, 0.3) is 6.47 Å². The standard InChI is InChI=1S/C9H6ClF3O3/c10-8-3-7(16-9(11,12)13)2-1-6(8)4-15-5-14/h1-3,5H,4H2. The highest BCUT2D eigenvalue weighted by Gasteiger charge is 2.31. The second kappa shape index (κ2) is 5.07. The molecule has 0 N–H and O–H groups in total. The minimum Gasteiger partial charge on any atom is -0.463 e. The number of carbonyl (C=O) groups excluding carboxylic acids is 1. The van der Waals surface area contributed by atoms with Crippen LogP contribution >= 0.6 is 11.6 Å². The van der Waals surface area contributed by atoms with Crippen LogP contribution in [-0.2, 0) is 16.1 Å².